The van der Waals surface area contributed by atoms with E-state index in [1.54, 1.807) is 7.11 Å². The van der Waals surface area contributed by atoms with Gasteiger partial charge in [-0.05, 0) is 43.5 Å². The van der Waals surface area contributed by atoms with Crippen LogP contribution < -0.4 is 10.5 Å². The van der Waals surface area contributed by atoms with Crippen LogP contribution in [0.25, 0.3) is 0 Å². The molecular weight excluding hydrogens is 264 g/mol. The minimum Gasteiger partial charge on any atom is -0.494 e. The molecule has 118 valence electrons. The van der Waals surface area contributed by atoms with Crippen LogP contribution in [0.15, 0.2) is 24.3 Å². The van der Waals surface area contributed by atoms with E-state index in [-0.39, 0.29) is 12.1 Å². The van der Waals surface area contributed by atoms with Crippen LogP contribution >= 0.6 is 0 Å². The number of benzene rings is 1. The van der Waals surface area contributed by atoms with E-state index < -0.39 is 0 Å². The lowest BCUT2D eigenvalue weighted by molar-refractivity contribution is 0.0847. The second-order valence-corrected chi connectivity index (χ2v) is 5.70. The Hall–Kier alpha value is -1.10. The molecule has 1 heterocycles. The summed E-state index contributed by atoms with van der Waals surface area (Å²) in [6.07, 6.45) is 3.26. The van der Waals surface area contributed by atoms with Crippen molar-refractivity contribution in [2.75, 3.05) is 33.4 Å². The van der Waals surface area contributed by atoms with Crippen LogP contribution in [0, 0.1) is 0 Å². The molecule has 0 bridgehead atoms. The predicted molar refractivity (Wildman–Crippen MR) is 85.6 cm³/mol. The quantitative estimate of drug-likeness (QED) is 0.839. The van der Waals surface area contributed by atoms with Gasteiger partial charge in [-0.25, -0.2) is 0 Å². The van der Waals surface area contributed by atoms with Gasteiger partial charge in [0, 0.05) is 19.7 Å². The van der Waals surface area contributed by atoms with E-state index in [1.807, 2.05) is 6.07 Å². The first-order valence-electron chi connectivity index (χ1n) is 7.97. The summed E-state index contributed by atoms with van der Waals surface area (Å²) in [5.74, 6) is 0.943. The van der Waals surface area contributed by atoms with Gasteiger partial charge in [0.25, 0.3) is 0 Å². The molecule has 21 heavy (non-hydrogen) atoms. The SMILES string of the molecule is CCCOc1cccc(C2C(N)CCCN2CCOC)c1. The Morgan fingerprint density at radius 1 is 1.33 bits per heavy atom. The third-order valence-corrected chi connectivity index (χ3v) is 4.04. The van der Waals surface area contributed by atoms with E-state index in [9.17, 15) is 0 Å². The van der Waals surface area contributed by atoms with Gasteiger partial charge in [0.15, 0.2) is 0 Å². The maximum atomic E-state index is 6.40. The minimum atomic E-state index is 0.178. The van der Waals surface area contributed by atoms with Crippen LogP contribution in [0.2, 0.25) is 0 Å². The monoisotopic (exact) mass is 292 g/mol. The zero-order chi connectivity index (χ0) is 15.1. The van der Waals surface area contributed by atoms with Crippen molar-refractivity contribution in [3.63, 3.8) is 0 Å². The van der Waals surface area contributed by atoms with Crippen molar-refractivity contribution >= 4 is 0 Å². The van der Waals surface area contributed by atoms with Crippen molar-refractivity contribution in [1.29, 1.82) is 0 Å². The van der Waals surface area contributed by atoms with Crippen LogP contribution in [0.4, 0.5) is 0 Å². The van der Waals surface area contributed by atoms with Crippen LogP contribution in [-0.4, -0.2) is 44.4 Å². The van der Waals surface area contributed by atoms with E-state index in [4.69, 9.17) is 15.2 Å². The highest BCUT2D eigenvalue weighted by Gasteiger charge is 2.30. The molecule has 2 unspecified atom stereocenters. The summed E-state index contributed by atoms with van der Waals surface area (Å²) < 4.78 is 11.0. The predicted octanol–water partition coefficient (Wildman–Crippen LogP) is 2.59. The molecule has 2 rings (SSSR count). The van der Waals surface area contributed by atoms with Gasteiger partial charge in [-0.3, -0.25) is 4.90 Å². The summed E-state index contributed by atoms with van der Waals surface area (Å²) in [6, 6.07) is 8.83. The maximum Gasteiger partial charge on any atom is 0.119 e. The summed E-state index contributed by atoms with van der Waals surface area (Å²) >= 11 is 0. The summed E-state index contributed by atoms with van der Waals surface area (Å²) in [6.45, 7) is 5.63. The topological polar surface area (TPSA) is 47.7 Å². The van der Waals surface area contributed by atoms with E-state index in [2.05, 4.69) is 30.0 Å². The van der Waals surface area contributed by atoms with Crippen LogP contribution in [0.1, 0.15) is 37.8 Å². The summed E-state index contributed by atoms with van der Waals surface area (Å²) in [5, 5.41) is 0. The van der Waals surface area contributed by atoms with Gasteiger partial charge in [-0.1, -0.05) is 19.1 Å². The van der Waals surface area contributed by atoms with Crippen molar-refractivity contribution in [3.05, 3.63) is 29.8 Å². The molecule has 0 radical (unpaired) electrons. The largest absolute Gasteiger partial charge is 0.494 e. The van der Waals surface area contributed by atoms with Crippen molar-refractivity contribution < 1.29 is 9.47 Å². The van der Waals surface area contributed by atoms with Gasteiger partial charge < -0.3 is 15.2 Å². The lowest BCUT2D eigenvalue weighted by Gasteiger charge is -2.40. The molecule has 1 aliphatic heterocycles. The van der Waals surface area contributed by atoms with E-state index in [0.29, 0.717) is 0 Å². The van der Waals surface area contributed by atoms with Gasteiger partial charge in [-0.15, -0.1) is 0 Å². The Labute approximate surface area is 128 Å². The Kier molecular flexibility index (Phi) is 6.49. The van der Waals surface area contributed by atoms with Crippen molar-refractivity contribution in [2.45, 2.75) is 38.3 Å². The first-order chi connectivity index (χ1) is 10.3. The fraction of sp³-hybridized carbons (Fsp3) is 0.647. The number of rotatable bonds is 7. The van der Waals surface area contributed by atoms with E-state index in [0.717, 1.165) is 51.3 Å². The highest BCUT2D eigenvalue weighted by atomic mass is 16.5. The third-order valence-electron chi connectivity index (χ3n) is 4.04. The highest BCUT2D eigenvalue weighted by molar-refractivity contribution is 5.31. The van der Waals surface area contributed by atoms with Gasteiger partial charge >= 0.3 is 0 Å². The Morgan fingerprint density at radius 3 is 2.95 bits per heavy atom. The molecule has 0 amide bonds. The fourth-order valence-corrected chi connectivity index (χ4v) is 3.02. The molecule has 2 N–H and O–H groups in total. The molecule has 1 saturated heterocycles. The number of piperidine rings is 1. The normalized spacial score (nSPS) is 23.2. The van der Waals surface area contributed by atoms with Crippen LogP contribution in [0.3, 0.4) is 0 Å². The number of methoxy groups -OCH3 is 1. The highest BCUT2D eigenvalue weighted by Crippen LogP contribution is 2.31. The van der Waals surface area contributed by atoms with E-state index >= 15 is 0 Å². The van der Waals surface area contributed by atoms with Gasteiger partial charge in [0.1, 0.15) is 5.75 Å². The second kappa shape index (κ2) is 8.37. The summed E-state index contributed by atoms with van der Waals surface area (Å²) in [4.78, 5) is 2.44. The summed E-state index contributed by atoms with van der Waals surface area (Å²) in [7, 11) is 1.75. The van der Waals surface area contributed by atoms with Gasteiger partial charge in [-0.2, -0.15) is 0 Å². The van der Waals surface area contributed by atoms with Crippen molar-refractivity contribution in [2.24, 2.45) is 5.73 Å². The summed E-state index contributed by atoms with van der Waals surface area (Å²) in [5.41, 5.74) is 7.66. The first kappa shape index (κ1) is 16.3. The molecule has 0 spiro atoms. The molecule has 2 atom stereocenters. The molecular formula is C17H28N2O2. The Morgan fingerprint density at radius 2 is 2.19 bits per heavy atom. The lowest BCUT2D eigenvalue weighted by Crippen LogP contribution is -2.46. The van der Waals surface area contributed by atoms with Crippen molar-refractivity contribution in [3.8, 4) is 5.75 Å². The van der Waals surface area contributed by atoms with Crippen LogP contribution in [-0.2, 0) is 4.74 Å². The molecule has 0 saturated carbocycles. The average Bonchev–Trinajstić information content (AvgIpc) is 2.51. The number of hydrogen-bond acceptors (Lipinski definition) is 4. The number of nitrogens with zero attached hydrogens (tertiary/aromatic N) is 1. The molecule has 4 nitrogen and oxygen atoms in total. The van der Waals surface area contributed by atoms with Crippen LogP contribution in [0.5, 0.6) is 5.75 Å². The molecule has 0 aliphatic carbocycles. The van der Waals surface area contributed by atoms with Gasteiger partial charge in [0.05, 0.1) is 19.3 Å². The average molecular weight is 292 g/mol. The number of ether oxygens (including phenoxy) is 2. The minimum absolute atomic E-state index is 0.178. The van der Waals surface area contributed by atoms with Crippen molar-refractivity contribution in [1.82, 2.24) is 4.90 Å². The first-order valence-corrected chi connectivity index (χ1v) is 7.97. The maximum absolute atomic E-state index is 6.40. The Bertz CT molecular complexity index is 425. The number of likely N-dealkylation sites (tertiary alicyclic amines) is 1. The zero-order valence-corrected chi connectivity index (χ0v) is 13.3. The standard InChI is InChI=1S/C17H28N2O2/c1-3-11-21-15-7-4-6-14(13-15)17-16(18)8-5-9-19(17)10-12-20-2/h4,6-7,13,16-17H,3,5,8-12,18H2,1-2H3. The zero-order valence-electron chi connectivity index (χ0n) is 13.3. The lowest BCUT2D eigenvalue weighted by atomic mass is 9.91. The fourth-order valence-electron chi connectivity index (χ4n) is 3.02. The van der Waals surface area contributed by atoms with E-state index in [1.165, 1.54) is 5.56 Å². The third kappa shape index (κ3) is 4.43. The molecule has 1 aromatic carbocycles. The molecule has 4 heteroatoms. The Balaban J connectivity index is 2.14. The van der Waals surface area contributed by atoms with Gasteiger partial charge in [0.2, 0.25) is 0 Å². The number of nitrogens with two attached hydrogens (primary N) is 1. The molecule has 1 aliphatic rings. The molecule has 1 aromatic rings. The molecule has 1 fully saturated rings. The second-order valence-electron chi connectivity index (χ2n) is 5.70. The smallest absolute Gasteiger partial charge is 0.119 e. The number of hydrogen-bond donors (Lipinski definition) is 1. The molecule has 0 aromatic heterocycles.